The second-order valence-corrected chi connectivity index (χ2v) is 4.44. The van der Waals surface area contributed by atoms with Gasteiger partial charge in [-0.05, 0) is 12.1 Å². The number of thiophene rings is 1. The molecule has 2 rings (SSSR count). The largest absolute Gasteiger partial charge is 0.206 e. The van der Waals surface area contributed by atoms with Gasteiger partial charge in [-0.2, -0.15) is 0 Å². The molecule has 1 aromatic carbocycles. The second kappa shape index (κ2) is 2.91. The molecule has 4 heteroatoms. The highest BCUT2D eigenvalue weighted by Gasteiger charge is 2.10. The van der Waals surface area contributed by atoms with Gasteiger partial charge in [0.1, 0.15) is 10.2 Å². The lowest BCUT2D eigenvalue weighted by atomic mass is 10.2. The summed E-state index contributed by atoms with van der Waals surface area (Å²) in [5, 5.41) is 0.524. The maximum Gasteiger partial charge on any atom is 0.133 e. The Labute approximate surface area is 83.4 Å². The number of rotatable bonds is 0. The predicted octanol–water partition coefficient (Wildman–Crippen LogP) is 3.98. The van der Waals surface area contributed by atoms with E-state index in [1.54, 1.807) is 6.07 Å². The molecule has 0 N–H and O–H groups in total. The average molecular weight is 219 g/mol. The number of hydrogen-bond acceptors (Lipinski definition) is 2. The highest BCUT2D eigenvalue weighted by molar-refractivity contribution is 7.81. The van der Waals surface area contributed by atoms with E-state index in [0.717, 1.165) is 4.70 Å². The van der Waals surface area contributed by atoms with E-state index in [2.05, 4.69) is 12.6 Å². The van der Waals surface area contributed by atoms with Gasteiger partial charge in [0.25, 0.3) is 0 Å². The maximum atomic E-state index is 13.2. The van der Waals surface area contributed by atoms with Crippen molar-refractivity contribution < 1.29 is 4.39 Å². The summed E-state index contributed by atoms with van der Waals surface area (Å²) in [4.78, 5) is 0.537. The van der Waals surface area contributed by atoms with Gasteiger partial charge < -0.3 is 0 Å². The molecule has 0 amide bonds. The molecule has 0 saturated carbocycles. The van der Waals surface area contributed by atoms with Crippen LogP contribution in [-0.4, -0.2) is 0 Å². The van der Waals surface area contributed by atoms with Crippen molar-refractivity contribution in [3.05, 3.63) is 28.4 Å². The zero-order valence-electron chi connectivity index (χ0n) is 5.84. The minimum absolute atomic E-state index is 0.263. The Balaban J connectivity index is 2.97. The monoisotopic (exact) mass is 218 g/mol. The van der Waals surface area contributed by atoms with Gasteiger partial charge in [-0.25, -0.2) is 4.39 Å². The molecule has 1 heterocycles. The van der Waals surface area contributed by atoms with Crippen LogP contribution >= 0.6 is 35.6 Å². The topological polar surface area (TPSA) is 0 Å². The fourth-order valence-electron chi connectivity index (χ4n) is 1.06. The molecule has 0 aliphatic heterocycles. The molecule has 0 aliphatic carbocycles. The van der Waals surface area contributed by atoms with E-state index in [0.29, 0.717) is 14.6 Å². The SMILES string of the molecule is Fc1cccc2sc(Cl)c(S)c12. The minimum atomic E-state index is -0.263. The lowest BCUT2D eigenvalue weighted by Crippen LogP contribution is -1.73. The summed E-state index contributed by atoms with van der Waals surface area (Å²) in [6.07, 6.45) is 0. The first-order chi connectivity index (χ1) is 5.70. The third-order valence-corrected chi connectivity index (χ3v) is 3.69. The zero-order valence-corrected chi connectivity index (χ0v) is 8.31. The molecule has 0 spiro atoms. The number of benzene rings is 1. The van der Waals surface area contributed by atoms with Crippen LogP contribution in [0.4, 0.5) is 4.39 Å². The third kappa shape index (κ3) is 1.13. The molecule has 0 atom stereocenters. The van der Waals surface area contributed by atoms with Gasteiger partial charge in [0.05, 0.1) is 0 Å². The Hall–Kier alpha value is -0.250. The van der Waals surface area contributed by atoms with Crippen molar-refractivity contribution in [1.82, 2.24) is 0 Å². The van der Waals surface area contributed by atoms with Gasteiger partial charge in [0, 0.05) is 15.0 Å². The number of thiol groups is 1. The predicted molar refractivity (Wildman–Crippen MR) is 54.0 cm³/mol. The molecular weight excluding hydrogens is 215 g/mol. The summed E-state index contributed by atoms with van der Waals surface area (Å²) in [5.74, 6) is -0.263. The van der Waals surface area contributed by atoms with Crippen LogP contribution < -0.4 is 0 Å². The van der Waals surface area contributed by atoms with Crippen LogP contribution in [0, 0.1) is 5.82 Å². The summed E-state index contributed by atoms with van der Waals surface area (Å²) in [6, 6.07) is 4.90. The van der Waals surface area contributed by atoms with Crippen molar-refractivity contribution in [2.75, 3.05) is 0 Å². The summed E-state index contributed by atoms with van der Waals surface area (Å²) < 4.78 is 14.5. The van der Waals surface area contributed by atoms with Crippen molar-refractivity contribution in [1.29, 1.82) is 0 Å². The normalized spacial score (nSPS) is 10.9. The van der Waals surface area contributed by atoms with E-state index < -0.39 is 0 Å². The second-order valence-electron chi connectivity index (χ2n) is 2.34. The molecule has 0 nitrogen and oxygen atoms in total. The number of fused-ring (bicyclic) bond motifs is 1. The summed E-state index contributed by atoms with van der Waals surface area (Å²) in [5.41, 5.74) is 0. The van der Waals surface area contributed by atoms with E-state index in [4.69, 9.17) is 11.6 Å². The molecule has 0 unspecified atom stereocenters. The zero-order chi connectivity index (χ0) is 8.72. The summed E-state index contributed by atoms with van der Waals surface area (Å²) in [6.45, 7) is 0. The van der Waals surface area contributed by atoms with Crippen molar-refractivity contribution in [2.24, 2.45) is 0 Å². The smallest absolute Gasteiger partial charge is 0.133 e. The molecule has 2 aromatic rings. The van der Waals surface area contributed by atoms with Crippen molar-refractivity contribution in [3.63, 3.8) is 0 Å². The van der Waals surface area contributed by atoms with Crippen molar-refractivity contribution >= 4 is 45.7 Å². The van der Waals surface area contributed by atoms with E-state index >= 15 is 0 Å². The van der Waals surface area contributed by atoms with Crippen LogP contribution in [0.1, 0.15) is 0 Å². The number of hydrogen-bond donors (Lipinski definition) is 1. The Morgan fingerprint density at radius 2 is 2.17 bits per heavy atom. The average Bonchev–Trinajstić information content (AvgIpc) is 2.29. The maximum absolute atomic E-state index is 13.2. The van der Waals surface area contributed by atoms with Crippen LogP contribution in [0.5, 0.6) is 0 Å². The van der Waals surface area contributed by atoms with Crippen molar-refractivity contribution in [3.8, 4) is 0 Å². The van der Waals surface area contributed by atoms with Gasteiger partial charge in [-0.1, -0.05) is 17.7 Å². The molecule has 1 aromatic heterocycles. The molecule has 62 valence electrons. The van der Waals surface area contributed by atoms with Crippen LogP contribution in [-0.2, 0) is 0 Å². The van der Waals surface area contributed by atoms with Gasteiger partial charge >= 0.3 is 0 Å². The first-order valence-electron chi connectivity index (χ1n) is 3.25. The highest BCUT2D eigenvalue weighted by atomic mass is 35.5. The fourth-order valence-corrected chi connectivity index (χ4v) is 2.69. The van der Waals surface area contributed by atoms with Gasteiger partial charge in [0.15, 0.2) is 0 Å². The van der Waals surface area contributed by atoms with Gasteiger partial charge in [-0.15, -0.1) is 24.0 Å². The highest BCUT2D eigenvalue weighted by Crippen LogP contribution is 2.38. The van der Waals surface area contributed by atoms with E-state index in [9.17, 15) is 4.39 Å². The van der Waals surface area contributed by atoms with Gasteiger partial charge in [0.2, 0.25) is 0 Å². The lowest BCUT2D eigenvalue weighted by Gasteiger charge is -1.91. The number of halogens is 2. The molecule has 0 saturated heterocycles. The Kier molecular flexibility index (Phi) is 2.02. The summed E-state index contributed by atoms with van der Waals surface area (Å²) >= 11 is 11.3. The van der Waals surface area contributed by atoms with Crippen LogP contribution in [0.15, 0.2) is 23.1 Å². The Morgan fingerprint density at radius 3 is 2.83 bits per heavy atom. The fraction of sp³-hybridized carbons (Fsp3) is 0. The lowest BCUT2D eigenvalue weighted by molar-refractivity contribution is 0.638. The third-order valence-electron chi connectivity index (χ3n) is 1.60. The molecule has 12 heavy (non-hydrogen) atoms. The molecule has 0 aliphatic rings. The summed E-state index contributed by atoms with van der Waals surface area (Å²) in [7, 11) is 0. The molecule has 0 radical (unpaired) electrons. The van der Waals surface area contributed by atoms with Crippen LogP contribution in [0.25, 0.3) is 10.1 Å². The van der Waals surface area contributed by atoms with Gasteiger partial charge in [-0.3, -0.25) is 0 Å². The molecule has 0 bridgehead atoms. The Morgan fingerprint density at radius 1 is 1.42 bits per heavy atom. The van der Waals surface area contributed by atoms with E-state index in [1.165, 1.54) is 17.4 Å². The molecular formula is C8H4ClFS2. The van der Waals surface area contributed by atoms with E-state index in [1.807, 2.05) is 6.07 Å². The minimum Gasteiger partial charge on any atom is -0.206 e. The van der Waals surface area contributed by atoms with Crippen molar-refractivity contribution in [2.45, 2.75) is 4.90 Å². The molecule has 0 fully saturated rings. The van der Waals surface area contributed by atoms with E-state index in [-0.39, 0.29) is 5.82 Å². The standard InChI is InChI=1S/C8H4ClFS2/c9-8-7(11)6-4(10)2-1-3-5(6)12-8/h1-3,11H. The van der Waals surface area contributed by atoms with Crippen LogP contribution in [0.2, 0.25) is 4.34 Å². The van der Waals surface area contributed by atoms with Crippen LogP contribution in [0.3, 0.4) is 0 Å². The first-order valence-corrected chi connectivity index (χ1v) is 4.90. The Bertz CT molecular complexity index is 436. The quantitative estimate of drug-likeness (QED) is 0.636. The first kappa shape index (κ1) is 8.35.